The smallest absolute Gasteiger partial charge is 0.258 e. The van der Waals surface area contributed by atoms with Gasteiger partial charge >= 0.3 is 11.9 Å². The molecule has 0 saturated heterocycles. The molecule has 3 nitrogen and oxygen atoms in total. The van der Waals surface area contributed by atoms with E-state index in [0.29, 0.717) is 12.1 Å². The van der Waals surface area contributed by atoms with Crippen LogP contribution in [0.3, 0.4) is 0 Å². The van der Waals surface area contributed by atoms with Crippen molar-refractivity contribution in [3.63, 3.8) is 0 Å². The molecule has 0 bridgehead atoms. The molecule has 0 heterocycles. The van der Waals surface area contributed by atoms with E-state index in [4.69, 9.17) is 11.6 Å². The van der Waals surface area contributed by atoms with Crippen molar-refractivity contribution < 1.29 is 22.5 Å². The summed E-state index contributed by atoms with van der Waals surface area (Å²) in [6.45, 7) is 0. The van der Waals surface area contributed by atoms with Crippen LogP contribution in [0, 0.1) is 15.9 Å². The largest absolute Gasteiger partial charge is 0.424 e. The number of nitrogens with zero attached hydrogens (tertiary/aromatic N) is 1. The van der Waals surface area contributed by atoms with Crippen molar-refractivity contribution in [3.8, 4) is 0 Å². The molecule has 0 aliphatic heterocycles. The number of hydrogen-bond acceptors (Lipinski definition) is 2. The topological polar surface area (TPSA) is 43.1 Å². The number of halogens is 5. The quantitative estimate of drug-likeness (QED) is 0.431. The van der Waals surface area contributed by atoms with E-state index >= 15 is 0 Å². The number of rotatable bonds is 1. The first-order valence-corrected chi connectivity index (χ1v) is 3.82. The third kappa shape index (κ3) is 2.17. The summed E-state index contributed by atoms with van der Waals surface area (Å²) in [5.41, 5.74) is -3.43. The first-order chi connectivity index (χ1) is 6.75. The summed E-state index contributed by atoms with van der Waals surface area (Å²) in [6.07, 6.45) is -5.07. The standard InChI is InChI=1S/C7H2ClF4NO2/c8-3-1-2-4(9)6(13(14)15)5(3)7(10,11)12/h1-2H. The van der Waals surface area contributed by atoms with Crippen LogP contribution in [-0.2, 0) is 6.18 Å². The number of hydrogen-bond donors (Lipinski definition) is 0. The Bertz CT molecular complexity index is 418. The summed E-state index contributed by atoms with van der Waals surface area (Å²) in [5.74, 6) is -1.57. The van der Waals surface area contributed by atoms with Crippen LogP contribution < -0.4 is 0 Å². The molecule has 1 aromatic carbocycles. The van der Waals surface area contributed by atoms with Gasteiger partial charge in [0, 0.05) is 0 Å². The summed E-state index contributed by atoms with van der Waals surface area (Å²) in [4.78, 5) is 8.79. The fraction of sp³-hybridized carbons (Fsp3) is 0.143. The van der Waals surface area contributed by atoms with E-state index in [1.807, 2.05) is 0 Å². The second kappa shape index (κ2) is 3.65. The first-order valence-electron chi connectivity index (χ1n) is 3.44. The fourth-order valence-electron chi connectivity index (χ4n) is 0.989. The van der Waals surface area contributed by atoms with Gasteiger partial charge < -0.3 is 0 Å². The van der Waals surface area contributed by atoms with Crippen molar-refractivity contribution >= 4 is 17.3 Å². The summed E-state index contributed by atoms with van der Waals surface area (Å²) >= 11 is 5.14. The average molecular weight is 244 g/mol. The average Bonchev–Trinajstić information content (AvgIpc) is 2.05. The maximum absolute atomic E-state index is 12.8. The van der Waals surface area contributed by atoms with Crippen LogP contribution in [0.2, 0.25) is 5.02 Å². The number of benzene rings is 1. The van der Waals surface area contributed by atoms with Crippen molar-refractivity contribution in [2.45, 2.75) is 6.18 Å². The Kier molecular flexibility index (Phi) is 2.85. The van der Waals surface area contributed by atoms with Crippen LogP contribution in [0.15, 0.2) is 12.1 Å². The van der Waals surface area contributed by atoms with Gasteiger partial charge in [-0.15, -0.1) is 0 Å². The van der Waals surface area contributed by atoms with Crippen LogP contribution in [-0.4, -0.2) is 4.92 Å². The van der Waals surface area contributed by atoms with Crippen molar-refractivity contribution in [1.29, 1.82) is 0 Å². The monoisotopic (exact) mass is 243 g/mol. The zero-order valence-electron chi connectivity index (χ0n) is 6.81. The predicted octanol–water partition coefficient (Wildman–Crippen LogP) is 3.41. The minimum atomic E-state index is -5.07. The Morgan fingerprint density at radius 2 is 1.87 bits per heavy atom. The lowest BCUT2D eigenvalue weighted by Gasteiger charge is -2.09. The molecule has 0 fully saturated rings. The Hall–Kier alpha value is -1.37. The normalized spacial score (nSPS) is 11.5. The highest BCUT2D eigenvalue weighted by atomic mass is 35.5. The van der Waals surface area contributed by atoms with E-state index in [-0.39, 0.29) is 0 Å². The molecule has 82 valence electrons. The van der Waals surface area contributed by atoms with Crippen molar-refractivity contribution in [3.05, 3.63) is 38.7 Å². The third-order valence-electron chi connectivity index (χ3n) is 1.54. The second-order valence-corrected chi connectivity index (χ2v) is 2.91. The van der Waals surface area contributed by atoms with Crippen molar-refractivity contribution in [2.24, 2.45) is 0 Å². The maximum atomic E-state index is 12.8. The number of nitro benzene ring substituents is 1. The Labute approximate surface area is 85.4 Å². The summed E-state index contributed by atoms with van der Waals surface area (Å²) in [7, 11) is 0. The molecule has 1 aromatic rings. The van der Waals surface area contributed by atoms with Gasteiger partial charge in [0.15, 0.2) is 5.56 Å². The van der Waals surface area contributed by atoms with Gasteiger partial charge in [-0.3, -0.25) is 10.1 Å². The molecule has 0 aromatic heterocycles. The van der Waals surface area contributed by atoms with Crippen LogP contribution in [0.4, 0.5) is 23.2 Å². The highest BCUT2D eigenvalue weighted by molar-refractivity contribution is 6.31. The number of alkyl halides is 3. The van der Waals surface area contributed by atoms with E-state index in [0.717, 1.165) is 0 Å². The first kappa shape index (κ1) is 11.7. The molecule has 0 N–H and O–H groups in total. The van der Waals surface area contributed by atoms with Crippen molar-refractivity contribution in [2.75, 3.05) is 0 Å². The van der Waals surface area contributed by atoms with Gasteiger partial charge in [-0.2, -0.15) is 17.6 Å². The molecule has 8 heteroatoms. The van der Waals surface area contributed by atoms with Gasteiger partial charge in [0.1, 0.15) is 0 Å². The zero-order chi connectivity index (χ0) is 11.8. The highest BCUT2D eigenvalue weighted by Crippen LogP contribution is 2.41. The van der Waals surface area contributed by atoms with Gasteiger partial charge in [-0.1, -0.05) is 11.6 Å². The molecule has 0 aliphatic carbocycles. The van der Waals surface area contributed by atoms with Crippen LogP contribution in [0.1, 0.15) is 5.56 Å². The molecule has 1 rings (SSSR count). The molecule has 0 amide bonds. The lowest BCUT2D eigenvalue weighted by atomic mass is 10.1. The maximum Gasteiger partial charge on any atom is 0.424 e. The van der Waals surface area contributed by atoms with E-state index in [9.17, 15) is 27.7 Å². The second-order valence-electron chi connectivity index (χ2n) is 2.51. The van der Waals surface area contributed by atoms with Crippen LogP contribution in [0.25, 0.3) is 0 Å². The summed E-state index contributed by atoms with van der Waals surface area (Å²) in [5, 5.41) is 9.34. The van der Waals surface area contributed by atoms with Gasteiger partial charge in [0.25, 0.3) is 0 Å². The SMILES string of the molecule is O=[N+]([O-])c1c(F)ccc(Cl)c1C(F)(F)F. The number of nitro groups is 1. The molecular formula is C7H2ClF4NO2. The zero-order valence-corrected chi connectivity index (χ0v) is 7.56. The molecule has 0 atom stereocenters. The lowest BCUT2D eigenvalue weighted by molar-refractivity contribution is -0.390. The Morgan fingerprint density at radius 1 is 1.33 bits per heavy atom. The van der Waals surface area contributed by atoms with E-state index in [1.165, 1.54) is 0 Å². The summed E-state index contributed by atoms with van der Waals surface area (Å²) in [6, 6.07) is 1.13. The van der Waals surface area contributed by atoms with E-state index < -0.39 is 33.2 Å². The Balaban J connectivity index is 3.60. The van der Waals surface area contributed by atoms with Gasteiger partial charge in [-0.25, -0.2) is 0 Å². The minimum Gasteiger partial charge on any atom is -0.258 e. The molecule has 0 aliphatic rings. The van der Waals surface area contributed by atoms with Gasteiger partial charge in [0.2, 0.25) is 5.82 Å². The Morgan fingerprint density at radius 3 is 2.20 bits per heavy atom. The predicted molar refractivity (Wildman–Crippen MR) is 43.1 cm³/mol. The van der Waals surface area contributed by atoms with E-state index in [1.54, 1.807) is 0 Å². The van der Waals surface area contributed by atoms with Crippen LogP contribution >= 0.6 is 11.6 Å². The minimum absolute atomic E-state index is 0.510. The van der Waals surface area contributed by atoms with Crippen molar-refractivity contribution in [1.82, 2.24) is 0 Å². The molecule has 0 unspecified atom stereocenters. The van der Waals surface area contributed by atoms with Gasteiger partial charge in [-0.05, 0) is 12.1 Å². The van der Waals surface area contributed by atoms with Gasteiger partial charge in [0.05, 0.1) is 9.95 Å². The molecular weight excluding hydrogens is 242 g/mol. The third-order valence-corrected chi connectivity index (χ3v) is 1.86. The summed E-state index contributed by atoms with van der Waals surface area (Å²) < 4.78 is 49.7. The lowest BCUT2D eigenvalue weighted by Crippen LogP contribution is -2.11. The molecule has 15 heavy (non-hydrogen) atoms. The fourth-order valence-corrected chi connectivity index (χ4v) is 1.25. The highest BCUT2D eigenvalue weighted by Gasteiger charge is 2.42. The molecule has 0 radical (unpaired) electrons. The van der Waals surface area contributed by atoms with Crippen LogP contribution in [0.5, 0.6) is 0 Å². The molecule has 0 saturated carbocycles. The molecule has 0 spiro atoms. The van der Waals surface area contributed by atoms with E-state index in [2.05, 4.69) is 0 Å².